The Hall–Kier alpha value is -1.20. The maximum Gasteiger partial charge on any atom is 0.416 e. The molecule has 0 bridgehead atoms. The molecule has 0 unspecified atom stereocenters. The molecule has 98 valence electrons. The molecule has 0 heterocycles. The maximum atomic E-state index is 12.5. The Morgan fingerprint density at radius 1 is 0.824 bits per heavy atom. The van der Waals surface area contributed by atoms with Crippen molar-refractivity contribution >= 4 is 0 Å². The summed E-state index contributed by atoms with van der Waals surface area (Å²) in [4.78, 5) is 0. The molecule has 0 aliphatic heterocycles. The molecule has 0 amide bonds. The van der Waals surface area contributed by atoms with Gasteiger partial charge in [0.25, 0.3) is 0 Å². The van der Waals surface area contributed by atoms with E-state index in [1.165, 1.54) is 19.9 Å². The van der Waals surface area contributed by atoms with E-state index < -0.39 is 23.5 Å². The van der Waals surface area contributed by atoms with Crippen LogP contribution in [0.1, 0.15) is 20.8 Å². The van der Waals surface area contributed by atoms with Gasteiger partial charge in [0, 0.05) is 5.57 Å². The molecule has 17 heavy (non-hydrogen) atoms. The van der Waals surface area contributed by atoms with Crippen LogP contribution in [-0.2, 0) is 0 Å². The second kappa shape index (κ2) is 5.42. The molecule has 0 saturated heterocycles. The number of alkyl halides is 6. The lowest BCUT2D eigenvalue weighted by Gasteiger charge is -2.11. The van der Waals surface area contributed by atoms with Crippen molar-refractivity contribution < 1.29 is 26.3 Å². The highest BCUT2D eigenvalue weighted by Gasteiger charge is 2.36. The van der Waals surface area contributed by atoms with Crippen LogP contribution in [0.4, 0.5) is 26.3 Å². The Labute approximate surface area is 95.3 Å². The standard InChI is InChI=1S/C11H12F6/c1-4-7(2)5-9(11(15,16)17)6-8(3)10(12,13)14/h4-6H,1-3H3/b7-4-,8-6+,9-5+. The number of hydrogen-bond donors (Lipinski definition) is 0. The number of hydrogen-bond acceptors (Lipinski definition) is 0. The lowest BCUT2D eigenvalue weighted by atomic mass is 10.1. The lowest BCUT2D eigenvalue weighted by Crippen LogP contribution is -2.14. The van der Waals surface area contributed by atoms with E-state index in [0.717, 1.165) is 0 Å². The molecule has 0 radical (unpaired) electrons. The third kappa shape index (κ3) is 5.60. The highest BCUT2D eigenvalue weighted by molar-refractivity contribution is 5.35. The normalized spacial score (nSPS) is 16.4. The van der Waals surface area contributed by atoms with E-state index in [9.17, 15) is 26.3 Å². The van der Waals surface area contributed by atoms with Gasteiger partial charge in [0.2, 0.25) is 0 Å². The third-order valence-corrected chi connectivity index (χ3v) is 1.98. The van der Waals surface area contributed by atoms with Crippen molar-refractivity contribution in [3.8, 4) is 0 Å². The van der Waals surface area contributed by atoms with E-state index in [1.54, 1.807) is 0 Å². The van der Waals surface area contributed by atoms with Gasteiger partial charge in [-0.3, -0.25) is 0 Å². The Kier molecular flexibility index (Phi) is 5.04. The van der Waals surface area contributed by atoms with E-state index in [2.05, 4.69) is 0 Å². The van der Waals surface area contributed by atoms with Crippen LogP contribution in [0.25, 0.3) is 0 Å². The van der Waals surface area contributed by atoms with Crippen molar-refractivity contribution in [1.29, 1.82) is 0 Å². The first-order valence-corrected chi connectivity index (χ1v) is 4.65. The van der Waals surface area contributed by atoms with Gasteiger partial charge in [0.05, 0.1) is 5.57 Å². The molecule has 0 N–H and O–H groups in total. The second-order valence-corrected chi connectivity index (χ2v) is 3.46. The monoisotopic (exact) mass is 258 g/mol. The molecule has 0 saturated carbocycles. The fourth-order valence-electron chi connectivity index (χ4n) is 0.849. The fourth-order valence-corrected chi connectivity index (χ4v) is 0.849. The minimum Gasteiger partial charge on any atom is -0.166 e. The summed E-state index contributed by atoms with van der Waals surface area (Å²) in [5, 5.41) is 0. The molecule has 0 aliphatic carbocycles. The van der Waals surface area contributed by atoms with Crippen LogP contribution in [0.3, 0.4) is 0 Å². The van der Waals surface area contributed by atoms with Crippen molar-refractivity contribution in [3.05, 3.63) is 34.9 Å². The molecular formula is C11H12F6. The average molecular weight is 258 g/mol. The zero-order valence-corrected chi connectivity index (χ0v) is 9.50. The average Bonchev–Trinajstić information content (AvgIpc) is 2.13. The summed E-state index contributed by atoms with van der Waals surface area (Å²) in [5.74, 6) is 0. The maximum absolute atomic E-state index is 12.5. The molecule has 0 fully saturated rings. The first kappa shape index (κ1) is 15.8. The Bertz CT molecular complexity index is 351. The summed E-state index contributed by atoms with van der Waals surface area (Å²) in [6.45, 7) is 3.48. The van der Waals surface area contributed by atoms with E-state index in [-0.39, 0.29) is 11.6 Å². The van der Waals surface area contributed by atoms with Crippen LogP contribution < -0.4 is 0 Å². The number of rotatable bonds is 2. The smallest absolute Gasteiger partial charge is 0.166 e. The van der Waals surface area contributed by atoms with Crippen molar-refractivity contribution in [2.24, 2.45) is 0 Å². The zero-order chi connectivity index (χ0) is 13.9. The highest BCUT2D eigenvalue weighted by Crippen LogP contribution is 2.32. The van der Waals surface area contributed by atoms with Gasteiger partial charge in [-0.1, -0.05) is 11.6 Å². The van der Waals surface area contributed by atoms with Gasteiger partial charge in [0.15, 0.2) is 0 Å². The van der Waals surface area contributed by atoms with Gasteiger partial charge in [-0.25, -0.2) is 0 Å². The second-order valence-electron chi connectivity index (χ2n) is 3.46. The summed E-state index contributed by atoms with van der Waals surface area (Å²) >= 11 is 0. The van der Waals surface area contributed by atoms with Crippen LogP contribution in [-0.4, -0.2) is 12.4 Å². The molecule has 0 aromatic rings. The molecular weight excluding hydrogens is 246 g/mol. The van der Waals surface area contributed by atoms with Gasteiger partial charge in [-0.2, -0.15) is 26.3 Å². The molecule has 6 heteroatoms. The van der Waals surface area contributed by atoms with Gasteiger partial charge >= 0.3 is 12.4 Å². The van der Waals surface area contributed by atoms with E-state index in [0.29, 0.717) is 13.0 Å². The van der Waals surface area contributed by atoms with Crippen molar-refractivity contribution in [1.82, 2.24) is 0 Å². The summed E-state index contributed by atoms with van der Waals surface area (Å²) in [7, 11) is 0. The SMILES string of the molecule is C\C=C(C)/C=C(\C=C(/C)C(F)(F)F)C(F)(F)F. The quantitative estimate of drug-likeness (QED) is 0.485. The summed E-state index contributed by atoms with van der Waals surface area (Å²) in [6, 6.07) is 0. The minimum atomic E-state index is -4.81. The summed E-state index contributed by atoms with van der Waals surface area (Å²) < 4.78 is 73.8. The van der Waals surface area contributed by atoms with Crippen LogP contribution in [0.15, 0.2) is 34.9 Å². The predicted molar refractivity (Wildman–Crippen MR) is 53.4 cm³/mol. The predicted octanol–water partition coefficient (Wildman–Crippen LogP) is 4.95. The Balaban J connectivity index is 5.48. The third-order valence-electron chi connectivity index (χ3n) is 1.98. The van der Waals surface area contributed by atoms with Crippen LogP contribution >= 0.6 is 0 Å². The van der Waals surface area contributed by atoms with E-state index in [1.807, 2.05) is 0 Å². The molecule has 0 aliphatic rings. The first-order valence-electron chi connectivity index (χ1n) is 4.65. The molecule has 0 atom stereocenters. The molecule has 0 rings (SSSR count). The van der Waals surface area contributed by atoms with Gasteiger partial charge in [-0.15, -0.1) is 0 Å². The van der Waals surface area contributed by atoms with Crippen molar-refractivity contribution in [2.45, 2.75) is 33.1 Å². The first-order chi connectivity index (χ1) is 7.48. The Morgan fingerprint density at radius 2 is 1.29 bits per heavy atom. The highest BCUT2D eigenvalue weighted by atomic mass is 19.4. The molecule has 0 aromatic carbocycles. The van der Waals surface area contributed by atoms with Crippen LogP contribution in [0.5, 0.6) is 0 Å². The van der Waals surface area contributed by atoms with Gasteiger partial charge in [-0.05, 0) is 32.9 Å². The van der Waals surface area contributed by atoms with Gasteiger partial charge in [0.1, 0.15) is 0 Å². The number of allylic oxidation sites excluding steroid dienone is 6. The van der Waals surface area contributed by atoms with Crippen molar-refractivity contribution in [3.63, 3.8) is 0 Å². The van der Waals surface area contributed by atoms with Gasteiger partial charge < -0.3 is 0 Å². The summed E-state index contributed by atoms with van der Waals surface area (Å²) in [5.41, 5.74) is -2.36. The van der Waals surface area contributed by atoms with E-state index in [4.69, 9.17) is 0 Å². The Morgan fingerprint density at radius 3 is 1.59 bits per heavy atom. The van der Waals surface area contributed by atoms with E-state index >= 15 is 0 Å². The number of halogens is 6. The molecule has 0 spiro atoms. The summed E-state index contributed by atoms with van der Waals surface area (Å²) in [6.07, 6.45) is -7.41. The fraction of sp³-hybridized carbons (Fsp3) is 0.455. The van der Waals surface area contributed by atoms with Crippen molar-refractivity contribution in [2.75, 3.05) is 0 Å². The zero-order valence-electron chi connectivity index (χ0n) is 9.50. The largest absolute Gasteiger partial charge is 0.416 e. The topological polar surface area (TPSA) is 0 Å². The molecule has 0 nitrogen and oxygen atoms in total. The minimum absolute atomic E-state index is 0.104. The molecule has 0 aromatic heterocycles. The van der Waals surface area contributed by atoms with Crippen LogP contribution in [0, 0.1) is 0 Å². The van der Waals surface area contributed by atoms with Crippen LogP contribution in [0.2, 0.25) is 0 Å². The lowest BCUT2D eigenvalue weighted by molar-refractivity contribution is -0.0953.